The molecule has 0 aliphatic heterocycles. The van der Waals surface area contributed by atoms with Gasteiger partial charge in [-0.3, -0.25) is 28.0 Å². The van der Waals surface area contributed by atoms with Crippen LogP contribution in [0.3, 0.4) is 0 Å². The number of aliphatic hydroxyl groups is 2. The van der Waals surface area contributed by atoms with Crippen LogP contribution in [0.4, 0.5) is 0 Å². The zero-order chi connectivity index (χ0) is 49.8. The molecule has 0 amide bonds. The Labute approximate surface area is 395 Å². The first kappa shape index (κ1) is 65.0. The Morgan fingerprint density at radius 2 is 0.831 bits per heavy atom. The summed E-state index contributed by atoms with van der Waals surface area (Å²) in [7, 11) is -22.7. The number of hydrogen-bond acceptors (Lipinski definition) is 20. The number of ether oxygens (including phenoxy) is 2. The molecule has 32 heteroatoms. The van der Waals surface area contributed by atoms with E-state index in [4.69, 9.17) is 17.7 Å². The molecule has 0 aliphatic carbocycles. The molecule has 0 aromatic heterocycles. The molecule has 0 saturated heterocycles. The van der Waals surface area contributed by atoms with Gasteiger partial charge in [0.25, 0.3) is 40.5 Å². The summed E-state index contributed by atoms with van der Waals surface area (Å²) in [5, 5.41) is 21.6. The molecular formula is C33H80N4O20S4Si4. The molecule has 392 valence electrons. The van der Waals surface area contributed by atoms with Crippen LogP contribution in [0.25, 0.3) is 0 Å². The van der Waals surface area contributed by atoms with E-state index < -0.39 is 103 Å². The van der Waals surface area contributed by atoms with Gasteiger partial charge < -0.3 is 47.3 Å². The Morgan fingerprint density at radius 3 is 1.12 bits per heavy atom. The zero-order valence-electron chi connectivity index (χ0n) is 38.6. The molecule has 3 unspecified atom stereocenters. The van der Waals surface area contributed by atoms with Gasteiger partial charge in [0, 0.05) is 65.6 Å². The maximum Gasteiger partial charge on any atom is 0.329 e. The summed E-state index contributed by atoms with van der Waals surface area (Å²) < 4.78 is 153. The summed E-state index contributed by atoms with van der Waals surface area (Å²) in [5.41, 5.74) is 0. The van der Waals surface area contributed by atoms with Crippen LogP contribution in [0.1, 0.15) is 38.5 Å². The highest BCUT2D eigenvalue weighted by atomic mass is 32.2. The normalized spacial score (nSPS) is 15.6. The highest BCUT2D eigenvalue weighted by Crippen LogP contribution is 2.14. The van der Waals surface area contributed by atoms with Crippen molar-refractivity contribution < 1.29 is 89.4 Å². The average Bonchev–Trinajstić information content (AvgIpc) is 3.14. The molecule has 0 heterocycles. The van der Waals surface area contributed by atoms with Crippen LogP contribution in [-0.2, 0) is 58.2 Å². The van der Waals surface area contributed by atoms with Crippen molar-refractivity contribution in [1.82, 2.24) is 19.6 Å². The van der Waals surface area contributed by atoms with E-state index in [2.05, 4.69) is 0 Å². The number of nitrogens with zero attached hydrogens (tertiary/aromatic N) is 4. The fraction of sp³-hybridized carbons (Fsp3) is 1.00. The van der Waals surface area contributed by atoms with Gasteiger partial charge in [-0.1, -0.05) is 6.55 Å². The van der Waals surface area contributed by atoms with Crippen LogP contribution in [0.2, 0.25) is 31.7 Å². The van der Waals surface area contributed by atoms with E-state index in [1.807, 2.05) is 22.9 Å². The highest BCUT2D eigenvalue weighted by molar-refractivity contribution is 7.86. The van der Waals surface area contributed by atoms with Gasteiger partial charge in [-0.25, -0.2) is 0 Å². The SMILES string of the molecule is C[SiH2]O[Si](C)(CCCOCC(O)CN(CCCS(=O)(=O)O)CCN(CCCS(=O)(=O)O)CCN(CCCS(=O)(=O)O)CCN(CCCS(=O)(=O)O)CC(O)COCCC[Si](C)(O)O)O[SiH3]. The summed E-state index contributed by atoms with van der Waals surface area (Å²) in [6, 6.07) is 0.925. The van der Waals surface area contributed by atoms with Crippen molar-refractivity contribution in [3.63, 3.8) is 0 Å². The van der Waals surface area contributed by atoms with E-state index in [9.17, 15) is 71.7 Å². The van der Waals surface area contributed by atoms with Gasteiger partial charge in [0.05, 0.1) is 48.4 Å². The van der Waals surface area contributed by atoms with Crippen molar-refractivity contribution in [2.45, 2.75) is 82.5 Å². The third-order valence-electron chi connectivity index (χ3n) is 10.0. The van der Waals surface area contributed by atoms with Gasteiger partial charge in [0.1, 0.15) is 20.2 Å². The monoisotopic (exact) mass is 1090 g/mol. The van der Waals surface area contributed by atoms with Crippen LogP contribution in [0.15, 0.2) is 0 Å². The van der Waals surface area contributed by atoms with Crippen LogP contribution in [0.5, 0.6) is 0 Å². The average molecular weight is 1090 g/mol. The molecule has 0 aliphatic rings. The standard InChI is InChI=1S/C33H80N4O20S4Si4/c1-63-57-65(3,56-62)27-9-21-55-31-33(39)29-37(13-7-25-61(49,50)51)19-17-35(11-5-23-59(43,44)45)15-14-34(10-4-22-58(40,41)42)16-18-36(12-6-24-60(46,47)48)28-32(38)30-54-20-8-26-64(2,52)53/h32-33,38-39,52-53H,4-31,63H2,1-3,62H3,(H,40,41,42)(H,43,44,45)(H,46,47,48)(H,49,50,51). The lowest BCUT2D eigenvalue weighted by Crippen LogP contribution is -2.45. The van der Waals surface area contributed by atoms with Crippen LogP contribution < -0.4 is 0 Å². The summed E-state index contributed by atoms with van der Waals surface area (Å²) in [5.74, 6) is -2.14. The Morgan fingerprint density at radius 1 is 0.523 bits per heavy atom. The maximum absolute atomic E-state index is 11.6. The Balaban J connectivity index is 6.04. The molecule has 24 nitrogen and oxygen atoms in total. The maximum atomic E-state index is 11.6. The van der Waals surface area contributed by atoms with Gasteiger partial charge in [0.2, 0.25) is 0 Å². The molecule has 0 aromatic rings. The predicted molar refractivity (Wildman–Crippen MR) is 257 cm³/mol. The number of rotatable bonds is 44. The molecular weight excluding hydrogens is 1010 g/mol. The first-order chi connectivity index (χ1) is 29.9. The van der Waals surface area contributed by atoms with Crippen molar-refractivity contribution in [2.75, 3.05) is 128 Å². The Kier molecular flexibility index (Phi) is 33.6. The number of aliphatic hydroxyl groups excluding tert-OH is 2. The molecule has 0 fully saturated rings. The second kappa shape index (κ2) is 33.6. The largest absolute Gasteiger partial charge is 0.445 e. The highest BCUT2D eigenvalue weighted by Gasteiger charge is 2.28. The van der Waals surface area contributed by atoms with E-state index in [1.165, 1.54) is 6.55 Å². The molecule has 8 N–H and O–H groups in total. The minimum atomic E-state index is -4.31. The molecule has 0 rings (SSSR count). The topological polar surface area (TPSA) is 348 Å². The van der Waals surface area contributed by atoms with Gasteiger partial charge in [0.15, 0.2) is 0 Å². The lowest BCUT2D eigenvalue weighted by molar-refractivity contribution is 0.0140. The molecule has 0 spiro atoms. The summed E-state index contributed by atoms with van der Waals surface area (Å²) in [6.07, 6.45) is -0.858. The fourth-order valence-electron chi connectivity index (χ4n) is 6.67. The predicted octanol–water partition coefficient (Wildman–Crippen LogP) is -3.58. The second-order valence-corrected chi connectivity index (χ2v) is 31.9. The van der Waals surface area contributed by atoms with Crippen LogP contribution in [0, 0.1) is 0 Å². The molecule has 0 radical (unpaired) electrons. The van der Waals surface area contributed by atoms with Crippen molar-refractivity contribution in [2.24, 2.45) is 0 Å². The minimum Gasteiger partial charge on any atom is -0.445 e. The molecule has 0 bridgehead atoms. The smallest absolute Gasteiger partial charge is 0.329 e. The first-order valence-electron chi connectivity index (χ1n) is 21.8. The summed E-state index contributed by atoms with van der Waals surface area (Å²) >= 11 is 0. The van der Waals surface area contributed by atoms with Gasteiger partial charge in [-0.15, -0.1) is 0 Å². The van der Waals surface area contributed by atoms with Crippen molar-refractivity contribution in [3.05, 3.63) is 0 Å². The lowest BCUT2D eigenvalue weighted by atomic mass is 10.2. The van der Waals surface area contributed by atoms with Crippen molar-refractivity contribution in [1.29, 1.82) is 0 Å². The van der Waals surface area contributed by atoms with Gasteiger partial charge in [-0.05, 0) is 89.9 Å². The van der Waals surface area contributed by atoms with E-state index in [0.29, 0.717) is 29.9 Å². The zero-order valence-corrected chi connectivity index (χ0v) is 47.2. The third kappa shape index (κ3) is 42.6. The van der Waals surface area contributed by atoms with Crippen molar-refractivity contribution in [3.8, 4) is 0 Å². The molecule has 0 saturated carbocycles. The minimum absolute atomic E-state index is 0.0122. The Bertz CT molecular complexity index is 1710. The third-order valence-corrected chi connectivity index (χ3v) is 22.8. The summed E-state index contributed by atoms with van der Waals surface area (Å²) in [6.45, 7) is 8.06. The first-order valence-corrected chi connectivity index (χ1v) is 36.2. The quantitative estimate of drug-likeness (QED) is 0.0166. The molecule has 65 heavy (non-hydrogen) atoms. The van der Waals surface area contributed by atoms with Crippen molar-refractivity contribution >= 4 is 77.8 Å². The molecule has 0 aromatic carbocycles. The van der Waals surface area contributed by atoms with E-state index >= 15 is 0 Å². The van der Waals surface area contributed by atoms with Gasteiger partial charge in [-0.2, -0.15) is 33.7 Å². The van der Waals surface area contributed by atoms with E-state index in [1.54, 1.807) is 9.80 Å². The van der Waals surface area contributed by atoms with Crippen LogP contribution in [-0.4, -0.2) is 269 Å². The second-order valence-electron chi connectivity index (χ2n) is 16.5. The lowest BCUT2D eigenvalue weighted by Gasteiger charge is -2.32. The number of hydrogen-bond donors (Lipinski definition) is 8. The Hall–Kier alpha value is 0.0275. The summed E-state index contributed by atoms with van der Waals surface area (Å²) in [4.78, 5) is 26.5. The van der Waals surface area contributed by atoms with E-state index in [-0.39, 0.29) is 130 Å². The van der Waals surface area contributed by atoms with Gasteiger partial charge >= 0.3 is 17.1 Å². The fourth-order valence-corrected chi connectivity index (χ4v) is 15.6. The van der Waals surface area contributed by atoms with Crippen LogP contribution >= 0.6 is 0 Å². The van der Waals surface area contributed by atoms with E-state index in [0.717, 1.165) is 6.04 Å². The molecule has 3 atom stereocenters.